The number of nitrogens with zero attached hydrogens (tertiary/aromatic N) is 6. The summed E-state index contributed by atoms with van der Waals surface area (Å²) >= 11 is 0. The van der Waals surface area contributed by atoms with Gasteiger partial charge < -0.3 is 9.30 Å². The van der Waals surface area contributed by atoms with Crippen LogP contribution in [0.25, 0.3) is 22.6 Å². The molecule has 0 amide bonds. The van der Waals surface area contributed by atoms with Crippen molar-refractivity contribution in [2.75, 3.05) is 26.7 Å². The second-order valence-electron chi connectivity index (χ2n) is 9.54. The van der Waals surface area contributed by atoms with Crippen LogP contribution < -0.4 is 0 Å². The molecule has 5 rings (SSSR count). The molecular formula is C29H30N6. The zero-order valence-electron chi connectivity index (χ0n) is 20.4. The van der Waals surface area contributed by atoms with E-state index in [1.165, 1.54) is 11.1 Å². The van der Waals surface area contributed by atoms with Crippen molar-refractivity contribution in [1.29, 1.82) is 5.26 Å². The van der Waals surface area contributed by atoms with Crippen molar-refractivity contribution in [2.45, 2.75) is 19.9 Å². The molecule has 176 valence electrons. The Kier molecular flexibility index (Phi) is 6.35. The summed E-state index contributed by atoms with van der Waals surface area (Å²) in [5.41, 5.74) is 7.93. The number of hydrogen-bond donors (Lipinski definition) is 0. The number of imidazole rings is 1. The monoisotopic (exact) mass is 462 g/mol. The number of nitriles is 1. The third-order valence-corrected chi connectivity index (χ3v) is 6.77. The molecule has 0 fully saturated rings. The molecule has 2 aromatic heterocycles. The Morgan fingerprint density at radius 1 is 1.14 bits per heavy atom. The molecule has 0 spiro atoms. The van der Waals surface area contributed by atoms with Crippen molar-refractivity contribution in [2.24, 2.45) is 5.92 Å². The van der Waals surface area contributed by atoms with Gasteiger partial charge in [0.1, 0.15) is 5.69 Å². The fraction of sp³-hybridized carbons (Fsp3) is 0.276. The summed E-state index contributed by atoms with van der Waals surface area (Å²) < 4.78 is 1.99. The van der Waals surface area contributed by atoms with E-state index in [2.05, 4.69) is 65.7 Å². The Morgan fingerprint density at radius 3 is 2.69 bits per heavy atom. The summed E-state index contributed by atoms with van der Waals surface area (Å²) in [6.07, 6.45) is 6.89. The van der Waals surface area contributed by atoms with Gasteiger partial charge in [-0.25, -0.2) is 4.98 Å². The van der Waals surface area contributed by atoms with E-state index in [4.69, 9.17) is 10.2 Å². The molecule has 2 aromatic carbocycles. The number of benzene rings is 2. The van der Waals surface area contributed by atoms with E-state index >= 15 is 0 Å². The molecule has 1 aliphatic heterocycles. The highest BCUT2D eigenvalue weighted by Crippen LogP contribution is 2.23. The number of aromatic nitrogens is 3. The summed E-state index contributed by atoms with van der Waals surface area (Å²) in [4.78, 5) is 14.1. The maximum atomic E-state index is 9.02. The maximum absolute atomic E-state index is 9.02. The predicted molar refractivity (Wildman–Crippen MR) is 139 cm³/mol. The average Bonchev–Trinajstić information content (AvgIpc) is 3.31. The van der Waals surface area contributed by atoms with Crippen molar-refractivity contribution < 1.29 is 0 Å². The molecule has 1 aliphatic rings. The van der Waals surface area contributed by atoms with Gasteiger partial charge in [0.15, 0.2) is 5.65 Å². The zero-order valence-corrected chi connectivity index (χ0v) is 20.4. The number of fused-ring (bicyclic) bond motifs is 2. The summed E-state index contributed by atoms with van der Waals surface area (Å²) in [7, 11) is 2.09. The van der Waals surface area contributed by atoms with Crippen LogP contribution in [0.1, 0.15) is 29.3 Å². The molecule has 0 saturated heterocycles. The van der Waals surface area contributed by atoms with E-state index in [0.717, 1.165) is 60.9 Å². The first-order valence-electron chi connectivity index (χ1n) is 12.0. The normalized spacial score (nSPS) is 14.3. The highest BCUT2D eigenvalue weighted by molar-refractivity contribution is 5.64. The highest BCUT2D eigenvalue weighted by Gasteiger charge is 2.19. The van der Waals surface area contributed by atoms with Crippen LogP contribution in [0.3, 0.4) is 0 Å². The fourth-order valence-corrected chi connectivity index (χ4v) is 4.88. The third-order valence-electron chi connectivity index (χ3n) is 6.77. The second-order valence-corrected chi connectivity index (χ2v) is 9.54. The van der Waals surface area contributed by atoms with Crippen molar-refractivity contribution in [1.82, 2.24) is 24.2 Å². The summed E-state index contributed by atoms with van der Waals surface area (Å²) in [6, 6.07) is 18.4. The average molecular weight is 463 g/mol. The topological polar surface area (TPSA) is 60.5 Å². The van der Waals surface area contributed by atoms with E-state index in [1.54, 1.807) is 18.3 Å². The smallest absolute Gasteiger partial charge is 0.156 e. The Bertz CT molecular complexity index is 1390. The molecule has 1 atom stereocenters. The van der Waals surface area contributed by atoms with Gasteiger partial charge in [0.2, 0.25) is 0 Å². The van der Waals surface area contributed by atoms with E-state index in [1.807, 2.05) is 28.9 Å². The first-order valence-corrected chi connectivity index (χ1v) is 12.0. The first-order chi connectivity index (χ1) is 17.0. The first kappa shape index (κ1) is 22.8. The molecule has 6 heteroatoms. The maximum Gasteiger partial charge on any atom is 0.156 e. The van der Waals surface area contributed by atoms with Crippen LogP contribution >= 0.6 is 0 Å². The van der Waals surface area contributed by atoms with Crippen LogP contribution in [0.5, 0.6) is 0 Å². The Morgan fingerprint density at radius 2 is 1.91 bits per heavy atom. The second kappa shape index (κ2) is 9.73. The van der Waals surface area contributed by atoms with Crippen LogP contribution in [-0.2, 0) is 13.0 Å². The highest BCUT2D eigenvalue weighted by atomic mass is 15.2. The third kappa shape index (κ3) is 4.96. The van der Waals surface area contributed by atoms with E-state index < -0.39 is 0 Å². The van der Waals surface area contributed by atoms with Gasteiger partial charge in [-0.15, -0.1) is 0 Å². The van der Waals surface area contributed by atoms with Crippen molar-refractivity contribution in [3.8, 4) is 17.3 Å². The minimum absolute atomic E-state index is 0.503. The molecule has 6 nitrogen and oxygen atoms in total. The van der Waals surface area contributed by atoms with Crippen molar-refractivity contribution in [3.05, 3.63) is 96.1 Å². The van der Waals surface area contributed by atoms with Gasteiger partial charge in [-0.05, 0) is 35.6 Å². The van der Waals surface area contributed by atoms with Gasteiger partial charge in [-0.3, -0.25) is 9.88 Å². The summed E-state index contributed by atoms with van der Waals surface area (Å²) in [5.74, 6) is 0.503. The van der Waals surface area contributed by atoms with Crippen molar-refractivity contribution >= 4 is 11.3 Å². The quantitative estimate of drug-likeness (QED) is 0.392. The molecule has 0 bridgehead atoms. The molecular weight excluding hydrogens is 432 g/mol. The standard InChI is InChI=1S/C29H30N6/c1-21(17-34-13-12-24-6-4-5-7-26(24)18-34)16-33(3)22(2)27-19-35-20-28(31-15-29(35)32-27)25-10-8-23(14-30)9-11-25/h4-11,15,19-21H,2,12-13,16-18H2,1,3H3. The number of hydrogen-bond acceptors (Lipinski definition) is 5. The van der Waals surface area contributed by atoms with Gasteiger partial charge in [0, 0.05) is 51.2 Å². The van der Waals surface area contributed by atoms with E-state index in [0.29, 0.717) is 11.5 Å². The number of rotatable bonds is 7. The van der Waals surface area contributed by atoms with Gasteiger partial charge in [-0.2, -0.15) is 5.26 Å². The van der Waals surface area contributed by atoms with Crippen LogP contribution in [0.4, 0.5) is 0 Å². The molecule has 0 radical (unpaired) electrons. The lowest BCUT2D eigenvalue weighted by atomic mass is 9.99. The molecule has 0 saturated carbocycles. The molecule has 0 N–H and O–H groups in total. The Hall–Kier alpha value is -3.95. The zero-order chi connectivity index (χ0) is 24.4. The lowest BCUT2D eigenvalue weighted by molar-refractivity contribution is 0.205. The van der Waals surface area contributed by atoms with Gasteiger partial charge in [-0.1, -0.05) is 49.9 Å². The van der Waals surface area contributed by atoms with Crippen molar-refractivity contribution in [3.63, 3.8) is 0 Å². The Labute approximate surface area is 206 Å². The molecule has 3 heterocycles. The fourth-order valence-electron chi connectivity index (χ4n) is 4.88. The molecule has 4 aromatic rings. The summed E-state index contributed by atoms with van der Waals surface area (Å²) in [6.45, 7) is 10.8. The Balaban J connectivity index is 1.23. The van der Waals surface area contributed by atoms with Crippen LogP contribution in [0, 0.1) is 17.2 Å². The molecule has 1 unspecified atom stereocenters. The van der Waals surface area contributed by atoms with Gasteiger partial charge in [0.25, 0.3) is 0 Å². The van der Waals surface area contributed by atoms with Crippen LogP contribution in [-0.4, -0.2) is 50.9 Å². The molecule has 35 heavy (non-hydrogen) atoms. The summed E-state index contributed by atoms with van der Waals surface area (Å²) in [5, 5.41) is 9.02. The van der Waals surface area contributed by atoms with E-state index in [-0.39, 0.29) is 0 Å². The predicted octanol–water partition coefficient (Wildman–Crippen LogP) is 4.86. The largest absolute Gasteiger partial charge is 0.373 e. The minimum Gasteiger partial charge on any atom is -0.373 e. The van der Waals surface area contributed by atoms with Gasteiger partial charge in [0.05, 0.1) is 29.2 Å². The lowest BCUT2D eigenvalue weighted by Crippen LogP contribution is -2.37. The molecule has 0 aliphatic carbocycles. The van der Waals surface area contributed by atoms with E-state index in [9.17, 15) is 0 Å². The minimum atomic E-state index is 0.503. The van der Waals surface area contributed by atoms with Crippen LogP contribution in [0.15, 0.2) is 73.7 Å². The van der Waals surface area contributed by atoms with Crippen LogP contribution in [0.2, 0.25) is 0 Å². The van der Waals surface area contributed by atoms with Gasteiger partial charge >= 0.3 is 0 Å². The lowest BCUT2D eigenvalue weighted by Gasteiger charge is -2.32. The SMILES string of the molecule is C=C(c1cn2cc(-c3ccc(C#N)cc3)ncc2n1)N(C)CC(C)CN1CCc2ccccc2C1.